The molecule has 0 fully saturated rings. The highest BCUT2D eigenvalue weighted by Crippen LogP contribution is 2.24. The van der Waals surface area contributed by atoms with Gasteiger partial charge in [-0.15, -0.1) is 0 Å². The number of esters is 1. The molecule has 0 saturated carbocycles. The third kappa shape index (κ3) is 6.25. The Balaban J connectivity index is 1.99. The summed E-state index contributed by atoms with van der Waals surface area (Å²) in [6.07, 6.45) is 0.354. The summed E-state index contributed by atoms with van der Waals surface area (Å²) in [4.78, 5) is 11.7. The lowest BCUT2D eigenvalue weighted by molar-refractivity contribution is -0.0498. The molecule has 0 aliphatic rings. The van der Waals surface area contributed by atoms with Crippen LogP contribution in [0.1, 0.15) is 22.8 Å². The fourth-order valence-corrected chi connectivity index (χ4v) is 4.41. The van der Waals surface area contributed by atoms with E-state index in [2.05, 4.69) is 25.4 Å². The van der Waals surface area contributed by atoms with E-state index in [-0.39, 0.29) is 33.8 Å². The molecule has 0 radical (unpaired) electrons. The van der Waals surface area contributed by atoms with E-state index in [0.717, 1.165) is 5.56 Å². The van der Waals surface area contributed by atoms with Crippen LogP contribution in [-0.2, 0) is 21.2 Å². The Morgan fingerprint density at radius 3 is 2.43 bits per heavy atom. The van der Waals surface area contributed by atoms with Gasteiger partial charge < -0.3 is 9.47 Å². The highest BCUT2D eigenvalue weighted by Gasteiger charge is 2.19. The van der Waals surface area contributed by atoms with Crippen molar-refractivity contribution in [2.24, 2.45) is 0 Å². The predicted molar refractivity (Wildman–Crippen MR) is 102 cm³/mol. The van der Waals surface area contributed by atoms with Gasteiger partial charge in [0.15, 0.2) is 0 Å². The number of carbonyl (C=O) groups excluding carboxylic acids is 1. The van der Waals surface area contributed by atoms with Crippen LogP contribution in [-0.4, -0.2) is 34.2 Å². The van der Waals surface area contributed by atoms with Crippen molar-refractivity contribution < 1.29 is 31.5 Å². The molecular formula is C18H18BrF2NO5S. The lowest BCUT2D eigenvalue weighted by atomic mass is 10.1. The normalized spacial score (nSPS) is 11.5. The lowest BCUT2D eigenvalue weighted by Crippen LogP contribution is -2.26. The fourth-order valence-electron chi connectivity index (χ4n) is 2.31. The summed E-state index contributed by atoms with van der Waals surface area (Å²) >= 11 is 3.16. The van der Waals surface area contributed by atoms with Crippen LogP contribution in [0.25, 0.3) is 0 Å². The summed E-state index contributed by atoms with van der Waals surface area (Å²) in [7, 11) is -3.81. The van der Waals surface area contributed by atoms with Gasteiger partial charge in [0.2, 0.25) is 10.0 Å². The molecule has 0 saturated heterocycles. The third-order valence-corrected chi connectivity index (χ3v) is 6.02. The first kappa shape index (κ1) is 22.3. The smallest absolute Gasteiger partial charge is 0.387 e. The molecule has 6 nitrogen and oxygen atoms in total. The first-order valence-corrected chi connectivity index (χ1v) is 10.5. The van der Waals surface area contributed by atoms with Crippen LogP contribution in [0.2, 0.25) is 0 Å². The number of hydrogen-bond acceptors (Lipinski definition) is 5. The Labute approximate surface area is 170 Å². The number of nitrogens with one attached hydrogen (secondary N) is 1. The molecule has 0 spiro atoms. The number of halogens is 3. The zero-order chi connectivity index (χ0) is 20.7. The molecule has 0 atom stereocenters. The molecule has 0 aliphatic carbocycles. The molecule has 0 aromatic heterocycles. The molecular weight excluding hydrogens is 460 g/mol. The number of benzene rings is 2. The van der Waals surface area contributed by atoms with Crippen LogP contribution >= 0.6 is 15.9 Å². The van der Waals surface area contributed by atoms with Crippen LogP contribution in [0.15, 0.2) is 51.8 Å². The second-order valence-corrected chi connectivity index (χ2v) is 8.13. The molecule has 0 aliphatic heterocycles. The van der Waals surface area contributed by atoms with E-state index in [1.165, 1.54) is 30.3 Å². The molecule has 2 aromatic carbocycles. The summed E-state index contributed by atoms with van der Waals surface area (Å²) in [5.41, 5.74) is 0.986. The molecule has 0 heterocycles. The second-order valence-electron chi connectivity index (χ2n) is 5.54. The molecule has 0 unspecified atom stereocenters. The first-order chi connectivity index (χ1) is 13.2. The van der Waals surface area contributed by atoms with Crippen molar-refractivity contribution in [1.82, 2.24) is 4.72 Å². The Hall–Kier alpha value is -2.04. The van der Waals surface area contributed by atoms with Crippen molar-refractivity contribution in [3.05, 3.63) is 58.1 Å². The molecule has 10 heteroatoms. The Morgan fingerprint density at radius 1 is 1.18 bits per heavy atom. The van der Waals surface area contributed by atoms with E-state index < -0.39 is 22.6 Å². The predicted octanol–water partition coefficient (Wildman–Crippen LogP) is 3.75. The van der Waals surface area contributed by atoms with E-state index in [1.54, 1.807) is 19.1 Å². The van der Waals surface area contributed by atoms with Gasteiger partial charge in [0, 0.05) is 11.0 Å². The Morgan fingerprint density at radius 2 is 1.86 bits per heavy atom. The third-order valence-electron chi connectivity index (χ3n) is 3.59. The zero-order valence-corrected chi connectivity index (χ0v) is 17.2. The van der Waals surface area contributed by atoms with E-state index >= 15 is 0 Å². The average Bonchev–Trinajstić information content (AvgIpc) is 2.62. The minimum Gasteiger partial charge on any atom is -0.462 e. The molecule has 0 amide bonds. The lowest BCUT2D eigenvalue weighted by Gasteiger charge is -2.10. The van der Waals surface area contributed by atoms with Crippen LogP contribution < -0.4 is 9.46 Å². The maximum Gasteiger partial charge on any atom is 0.387 e. The summed E-state index contributed by atoms with van der Waals surface area (Å²) in [6.45, 7) is -0.905. The number of hydrogen-bond donors (Lipinski definition) is 1. The van der Waals surface area contributed by atoms with Crippen molar-refractivity contribution in [1.29, 1.82) is 0 Å². The van der Waals surface area contributed by atoms with Crippen LogP contribution in [0.3, 0.4) is 0 Å². The van der Waals surface area contributed by atoms with E-state index in [9.17, 15) is 22.0 Å². The highest BCUT2D eigenvalue weighted by atomic mass is 79.9. The molecule has 2 rings (SSSR count). The maximum absolute atomic E-state index is 12.5. The van der Waals surface area contributed by atoms with Crippen molar-refractivity contribution in [2.75, 3.05) is 13.2 Å². The monoisotopic (exact) mass is 477 g/mol. The zero-order valence-electron chi connectivity index (χ0n) is 14.8. The summed E-state index contributed by atoms with van der Waals surface area (Å²) in [5, 5.41) is 0. The number of carbonyl (C=O) groups is 1. The Kier molecular flexibility index (Phi) is 7.90. The minimum atomic E-state index is -3.81. The number of ether oxygens (including phenoxy) is 2. The fraction of sp³-hybridized carbons (Fsp3) is 0.278. The van der Waals surface area contributed by atoms with Gasteiger partial charge in [-0.25, -0.2) is 17.9 Å². The summed E-state index contributed by atoms with van der Waals surface area (Å²) in [6, 6.07) is 10.0. The molecule has 28 heavy (non-hydrogen) atoms. The quantitative estimate of drug-likeness (QED) is 0.556. The number of alkyl halides is 2. The number of rotatable bonds is 9. The highest BCUT2D eigenvalue weighted by molar-refractivity contribution is 9.10. The molecule has 2 aromatic rings. The van der Waals surface area contributed by atoms with E-state index in [0.29, 0.717) is 6.42 Å². The first-order valence-electron chi connectivity index (χ1n) is 8.23. The van der Waals surface area contributed by atoms with Crippen LogP contribution in [0, 0.1) is 0 Å². The summed E-state index contributed by atoms with van der Waals surface area (Å²) in [5.74, 6) is -0.510. The molecule has 1 N–H and O–H groups in total. The minimum absolute atomic E-state index is 0.0128. The Bertz CT molecular complexity index is 920. The van der Waals surface area contributed by atoms with Gasteiger partial charge in [0.1, 0.15) is 5.75 Å². The van der Waals surface area contributed by atoms with Crippen LogP contribution in [0.4, 0.5) is 8.78 Å². The van der Waals surface area contributed by atoms with Gasteiger partial charge in [-0.3, -0.25) is 0 Å². The van der Waals surface area contributed by atoms with Crippen molar-refractivity contribution in [3.8, 4) is 5.75 Å². The van der Waals surface area contributed by atoms with E-state index in [4.69, 9.17) is 4.74 Å². The van der Waals surface area contributed by atoms with Crippen molar-refractivity contribution in [2.45, 2.75) is 24.9 Å². The van der Waals surface area contributed by atoms with E-state index in [1.807, 2.05) is 0 Å². The second kappa shape index (κ2) is 9.94. The maximum atomic E-state index is 12.5. The van der Waals surface area contributed by atoms with Crippen molar-refractivity contribution >= 4 is 31.9 Å². The summed E-state index contributed by atoms with van der Waals surface area (Å²) < 4.78 is 61.0. The van der Waals surface area contributed by atoms with Gasteiger partial charge in [-0.2, -0.15) is 8.78 Å². The largest absolute Gasteiger partial charge is 0.462 e. The topological polar surface area (TPSA) is 81.7 Å². The van der Waals surface area contributed by atoms with Gasteiger partial charge in [-0.1, -0.05) is 12.1 Å². The van der Waals surface area contributed by atoms with Gasteiger partial charge in [0.05, 0.1) is 17.1 Å². The van der Waals surface area contributed by atoms with Gasteiger partial charge in [0.25, 0.3) is 0 Å². The SMILES string of the molecule is CCOC(=O)c1ccc(S(=O)(=O)NCCc2ccc(OC(F)F)cc2)c(Br)c1. The number of sulfonamides is 1. The average molecular weight is 478 g/mol. The van der Waals surface area contributed by atoms with Gasteiger partial charge in [-0.05, 0) is 65.2 Å². The van der Waals surface area contributed by atoms with Crippen molar-refractivity contribution in [3.63, 3.8) is 0 Å². The standard InChI is InChI=1S/C18H18BrF2NO5S/c1-2-26-17(23)13-5-8-16(15(19)11-13)28(24,25)22-10-9-12-3-6-14(7-4-12)27-18(20)21/h3-8,11,18,22H,2,9-10H2,1H3. The van der Waals surface area contributed by atoms with Gasteiger partial charge >= 0.3 is 12.6 Å². The molecule has 0 bridgehead atoms. The molecule has 152 valence electrons. The van der Waals surface area contributed by atoms with Crippen LogP contribution in [0.5, 0.6) is 5.75 Å².